The zero-order chi connectivity index (χ0) is 48.7. The van der Waals surface area contributed by atoms with Gasteiger partial charge in [0.1, 0.15) is 23.3 Å². The third-order valence-corrected chi connectivity index (χ3v) is 16.4. The molecule has 1 N–H and O–H groups in total. The molecule has 8 rings (SSSR count). The highest BCUT2D eigenvalue weighted by molar-refractivity contribution is 6.26. The lowest BCUT2D eigenvalue weighted by molar-refractivity contribution is -0.490. The number of hydrogen-bond donors (Lipinski definition) is 1. The number of halogens is 1. The van der Waals surface area contributed by atoms with Gasteiger partial charge < -0.3 is 56.9 Å². The van der Waals surface area contributed by atoms with Crippen molar-refractivity contribution in [3.8, 4) is 0 Å². The van der Waals surface area contributed by atoms with E-state index >= 15 is 4.79 Å². The Labute approximate surface area is 385 Å². The Kier molecular flexibility index (Phi) is 11.0. The van der Waals surface area contributed by atoms with Crippen molar-refractivity contribution in [2.75, 3.05) is 13.0 Å². The van der Waals surface area contributed by atoms with Gasteiger partial charge >= 0.3 is 41.8 Å². The number of cyclic esters (lactones) is 1. The van der Waals surface area contributed by atoms with Crippen LogP contribution in [0, 0.1) is 39.9 Å². The second-order valence-electron chi connectivity index (χ2n) is 19.9. The first-order valence-corrected chi connectivity index (χ1v) is 22.6. The number of aliphatic hydroxyl groups is 1. The van der Waals surface area contributed by atoms with E-state index in [1.54, 1.807) is 48.5 Å². The van der Waals surface area contributed by atoms with Crippen LogP contribution >= 0.6 is 11.6 Å². The molecule has 3 saturated heterocycles. The maximum Gasteiger partial charge on any atom is 0.338 e. The van der Waals surface area contributed by atoms with Crippen LogP contribution in [0.2, 0.25) is 0 Å². The molecule has 7 aliphatic rings. The summed E-state index contributed by atoms with van der Waals surface area (Å²) in [6.07, 6.45) is -6.78. The number of carbonyl (C=O) groups is 7. The fraction of sp³-hybridized carbons (Fsp3) is 0.717. The van der Waals surface area contributed by atoms with Gasteiger partial charge in [-0.05, 0) is 24.8 Å². The number of hydrogen-bond acceptors (Lipinski definition) is 19. The molecule has 1 aromatic heterocycles. The first-order valence-electron chi connectivity index (χ1n) is 22.1. The maximum absolute atomic E-state index is 15.2. The van der Waals surface area contributed by atoms with Crippen LogP contribution in [0.5, 0.6) is 0 Å². The molecule has 4 saturated carbocycles. The molecule has 20 heteroatoms. The van der Waals surface area contributed by atoms with Gasteiger partial charge in [-0.15, -0.1) is 11.6 Å². The van der Waals surface area contributed by atoms with Gasteiger partial charge in [-0.25, -0.2) is 4.79 Å². The summed E-state index contributed by atoms with van der Waals surface area (Å²) in [5.41, 5.74) is -15.6. The minimum absolute atomic E-state index is 0.207. The van der Waals surface area contributed by atoms with E-state index in [9.17, 15) is 33.9 Å². The van der Waals surface area contributed by atoms with Gasteiger partial charge in [0.05, 0.1) is 36.5 Å². The number of fused-ring (bicyclic) bond motifs is 3. The molecule has 3 aliphatic heterocycles. The molecule has 362 valence electrons. The highest BCUT2D eigenvalue weighted by atomic mass is 35.5. The summed E-state index contributed by atoms with van der Waals surface area (Å²) in [5, 5.41) is 12.5. The Bertz CT molecular complexity index is 2310. The van der Waals surface area contributed by atoms with E-state index in [1.165, 1.54) is 32.6 Å². The predicted molar refractivity (Wildman–Crippen MR) is 220 cm³/mol. The van der Waals surface area contributed by atoms with Gasteiger partial charge in [-0.3, -0.25) is 28.8 Å². The molecule has 0 aromatic carbocycles. The summed E-state index contributed by atoms with van der Waals surface area (Å²) < 4.78 is 72.0. The van der Waals surface area contributed by atoms with Gasteiger partial charge in [0.25, 0.3) is 5.97 Å². The average molecular weight is 949 g/mol. The highest BCUT2D eigenvalue weighted by Crippen LogP contribution is 2.91. The maximum atomic E-state index is 15.2. The Hall–Kier alpha value is -4.72. The van der Waals surface area contributed by atoms with Gasteiger partial charge in [0.2, 0.25) is 5.60 Å². The number of methoxy groups -OCH3 is 1. The van der Waals surface area contributed by atoms with Gasteiger partial charge in [-0.1, -0.05) is 48.5 Å². The smallest absolute Gasteiger partial charge is 0.338 e. The number of alkyl halides is 1. The van der Waals surface area contributed by atoms with E-state index in [1.807, 2.05) is 0 Å². The summed E-state index contributed by atoms with van der Waals surface area (Å²) in [7, 11) is 1.18. The lowest BCUT2D eigenvalue weighted by Gasteiger charge is -2.78. The Morgan fingerprint density at radius 1 is 0.879 bits per heavy atom. The molecule has 16 atom stereocenters. The average Bonchev–Trinajstić information content (AvgIpc) is 3.94. The second kappa shape index (κ2) is 15.1. The lowest BCUT2D eigenvalue weighted by Crippen LogP contribution is -2.98. The van der Waals surface area contributed by atoms with Gasteiger partial charge in [-0.2, -0.15) is 0 Å². The topological polar surface area (TPSA) is 245 Å². The Morgan fingerprint density at radius 2 is 1.52 bits per heavy atom. The lowest BCUT2D eigenvalue weighted by atomic mass is 9.32. The van der Waals surface area contributed by atoms with Crippen LogP contribution in [-0.2, 0) is 80.9 Å². The summed E-state index contributed by atoms with van der Waals surface area (Å²) in [4.78, 5) is 99.8. The molecule has 1 aromatic rings. The fourth-order valence-electron chi connectivity index (χ4n) is 14.2. The number of esters is 7. The molecule has 4 bridgehead atoms. The number of carbonyl (C=O) groups excluding carboxylic acids is 7. The molecule has 7 fully saturated rings. The van der Waals surface area contributed by atoms with Crippen LogP contribution in [0.25, 0.3) is 0 Å². The van der Waals surface area contributed by atoms with Crippen LogP contribution in [0.15, 0.2) is 34.3 Å². The van der Waals surface area contributed by atoms with E-state index in [0.29, 0.717) is 6.42 Å². The number of aliphatic hydroxyl groups excluding tert-OH is 1. The quantitative estimate of drug-likeness (QED) is 0.0968. The van der Waals surface area contributed by atoms with Crippen LogP contribution in [0.4, 0.5) is 0 Å². The molecule has 3 unspecified atom stereocenters. The second-order valence-corrected chi connectivity index (χ2v) is 20.2. The van der Waals surface area contributed by atoms with Gasteiger partial charge in [0, 0.05) is 62.3 Å². The minimum Gasteiger partial charge on any atom is -0.511 e. The third kappa shape index (κ3) is 5.50. The largest absolute Gasteiger partial charge is 0.511 e. The van der Waals surface area contributed by atoms with Gasteiger partial charge in [0.15, 0.2) is 35.6 Å². The minimum atomic E-state index is -2.65. The van der Waals surface area contributed by atoms with Crippen molar-refractivity contribution in [1.29, 1.82) is 0 Å². The van der Waals surface area contributed by atoms with Crippen LogP contribution < -0.4 is 0 Å². The molecule has 19 nitrogen and oxygen atoms in total. The van der Waals surface area contributed by atoms with Crippen molar-refractivity contribution in [3.05, 3.63) is 35.5 Å². The van der Waals surface area contributed by atoms with Crippen molar-refractivity contribution >= 4 is 53.4 Å². The molecule has 66 heavy (non-hydrogen) atoms. The Balaban J connectivity index is 1.66. The fourth-order valence-corrected chi connectivity index (χ4v) is 14.3. The zero-order valence-corrected chi connectivity index (χ0v) is 39.7. The molecule has 4 aliphatic carbocycles. The van der Waals surface area contributed by atoms with Crippen molar-refractivity contribution < 1.29 is 90.5 Å². The van der Waals surface area contributed by atoms with Crippen molar-refractivity contribution in [3.63, 3.8) is 0 Å². The molecule has 0 amide bonds. The van der Waals surface area contributed by atoms with Crippen molar-refractivity contribution in [2.45, 2.75) is 154 Å². The molecule has 0 radical (unpaired) electrons. The summed E-state index contributed by atoms with van der Waals surface area (Å²) >= 11 is 6.32. The van der Waals surface area contributed by atoms with E-state index in [0.717, 1.165) is 20.8 Å². The van der Waals surface area contributed by atoms with E-state index in [2.05, 4.69) is 0 Å². The SMILES string of the molecule is CCC(C)C(=O)O[C@H]1[C@]2(C)CC34OC5(C)O[C@]6([C@@H]7/C(=C(/O)C(C)C)C(=O)O[C@@H](c8ccoc8)[C@]7(C)[C@@H](OC(C)=O)[C@@H](OC(C)=O)[C@]6(O5)[C@]3(C)[C@H]2CC(=O)OC)[C@H](OC(C)=O)[C@@]14OC(=O)CCl. The standard InChI is InChI=1S/C46H57ClO19/c1-13-21(4)35(54)62-37-39(8)19-43-41(10,26(39)16-27(51)56-12)46-34(59-23(6)49)33(58-22(5)48)40(9)31(29(30(53)20(2)3)36(55)61-32(40)25-14-15-57-18-25)44(46,65-42(11,64-43)66-46)38(60-24(7)50)45(37,43)63-28(52)17-47/h14-15,18,20-21,26,31-34,37-38,53H,13,16-17,19H2,1-12H3/b30-29-/t21?,26-,31+,32-,33-,34+,37-,38-,39+,40+,41+,42?,43?,44+,45-,46-/m0/s1. The van der Waals surface area contributed by atoms with E-state index in [4.69, 9.17) is 63.4 Å². The summed E-state index contributed by atoms with van der Waals surface area (Å²) in [6, 6.07) is 1.49. The molecular weight excluding hydrogens is 892 g/mol. The highest BCUT2D eigenvalue weighted by Gasteiger charge is 3.08. The van der Waals surface area contributed by atoms with Crippen molar-refractivity contribution in [1.82, 2.24) is 0 Å². The first kappa shape index (κ1) is 47.8. The van der Waals surface area contributed by atoms with E-state index in [-0.39, 0.29) is 12.0 Å². The monoisotopic (exact) mass is 948 g/mol. The number of rotatable bonds is 12. The molecule has 2 spiro atoms. The number of ether oxygens (including phenoxy) is 10. The number of allylic oxidation sites excluding steroid dienone is 1. The molecular formula is C46H57ClO19. The molecule has 4 heterocycles. The van der Waals surface area contributed by atoms with E-state index < -0.39 is 164 Å². The normalized spacial score (nSPS) is 44.3. The van der Waals surface area contributed by atoms with Crippen LogP contribution in [-0.4, -0.2) is 113 Å². The number of furan rings is 1. The van der Waals surface area contributed by atoms with Crippen molar-refractivity contribution in [2.24, 2.45) is 39.9 Å². The summed E-state index contributed by atoms with van der Waals surface area (Å²) in [6.45, 7) is 16.1. The predicted octanol–water partition coefficient (Wildman–Crippen LogP) is 4.85. The van der Waals surface area contributed by atoms with Crippen LogP contribution in [0.1, 0.15) is 107 Å². The zero-order valence-electron chi connectivity index (χ0n) is 38.9. The Morgan fingerprint density at radius 3 is 2.06 bits per heavy atom. The van der Waals surface area contributed by atoms with Crippen LogP contribution in [0.3, 0.4) is 0 Å². The third-order valence-electron chi connectivity index (χ3n) is 16.2. The summed E-state index contributed by atoms with van der Waals surface area (Å²) in [5.74, 6) is -14.8. The first-order chi connectivity index (χ1) is 30.7.